The van der Waals surface area contributed by atoms with Crippen LogP contribution in [0.25, 0.3) is 0 Å². The van der Waals surface area contributed by atoms with Crippen LogP contribution in [-0.4, -0.2) is 50.1 Å². The molecule has 1 heterocycles. The Bertz CT molecular complexity index is 524. The van der Waals surface area contributed by atoms with Crippen LogP contribution in [0.15, 0.2) is 29.3 Å². The summed E-state index contributed by atoms with van der Waals surface area (Å²) in [6.45, 7) is 10.3. The highest BCUT2D eigenvalue weighted by molar-refractivity contribution is 14.0. The zero-order chi connectivity index (χ0) is 17.2. The van der Waals surface area contributed by atoms with Gasteiger partial charge in [-0.1, -0.05) is 19.1 Å². The summed E-state index contributed by atoms with van der Waals surface area (Å²) >= 11 is 0. The maximum atomic E-state index is 13.2. The number of likely N-dealkylation sites (tertiary alicyclic amines) is 1. The van der Waals surface area contributed by atoms with Crippen molar-refractivity contribution in [3.8, 4) is 0 Å². The smallest absolute Gasteiger partial charge is 0.191 e. The second kappa shape index (κ2) is 12.5. The van der Waals surface area contributed by atoms with Crippen LogP contribution in [0.4, 0.5) is 4.39 Å². The summed E-state index contributed by atoms with van der Waals surface area (Å²) in [6.07, 6.45) is 3.25. The normalized spacial score (nSPS) is 18.0. The van der Waals surface area contributed by atoms with Crippen LogP contribution >= 0.6 is 24.0 Å². The number of aliphatic imine (C=N–C) groups is 1. The molecule has 2 rings (SSSR count). The van der Waals surface area contributed by atoms with Gasteiger partial charge in [0.05, 0.1) is 0 Å². The standard InChI is InChI=1S/C19H31FN4.HI/c1-3-11-24-12-9-17(15-24)14-23-19(21-4-2)22-10-8-16-6-5-7-18(20)13-16;/h5-7,13,17H,3-4,8-12,14-15H2,1-2H3,(H2,21,22,23);1H. The van der Waals surface area contributed by atoms with Gasteiger partial charge in [-0.2, -0.15) is 0 Å². The zero-order valence-corrected chi connectivity index (χ0v) is 17.8. The minimum Gasteiger partial charge on any atom is -0.357 e. The molecular formula is C19H32FIN4. The quantitative estimate of drug-likeness (QED) is 0.354. The summed E-state index contributed by atoms with van der Waals surface area (Å²) in [6, 6.07) is 6.78. The number of hydrogen-bond acceptors (Lipinski definition) is 2. The van der Waals surface area contributed by atoms with E-state index in [4.69, 9.17) is 4.99 Å². The molecule has 142 valence electrons. The number of nitrogens with zero attached hydrogens (tertiary/aromatic N) is 2. The molecule has 0 bridgehead atoms. The van der Waals surface area contributed by atoms with Crippen LogP contribution in [0.2, 0.25) is 0 Å². The molecule has 1 atom stereocenters. The Labute approximate surface area is 168 Å². The molecule has 25 heavy (non-hydrogen) atoms. The van der Waals surface area contributed by atoms with Crippen LogP contribution in [0.1, 0.15) is 32.3 Å². The van der Waals surface area contributed by atoms with Gasteiger partial charge in [-0.15, -0.1) is 24.0 Å². The van der Waals surface area contributed by atoms with E-state index in [1.54, 1.807) is 12.1 Å². The second-order valence-corrected chi connectivity index (χ2v) is 6.48. The molecule has 1 unspecified atom stereocenters. The third-order valence-electron chi connectivity index (χ3n) is 4.36. The molecule has 1 aromatic rings. The Morgan fingerprint density at radius 2 is 2.16 bits per heavy atom. The third-order valence-corrected chi connectivity index (χ3v) is 4.36. The van der Waals surface area contributed by atoms with Crippen molar-refractivity contribution >= 4 is 29.9 Å². The Balaban J connectivity index is 0.00000312. The number of rotatable bonds is 8. The molecule has 0 spiro atoms. The lowest BCUT2D eigenvalue weighted by Crippen LogP contribution is -2.38. The molecular weight excluding hydrogens is 430 g/mol. The Hall–Kier alpha value is -0.890. The first kappa shape index (κ1) is 22.2. The zero-order valence-electron chi connectivity index (χ0n) is 15.4. The fourth-order valence-electron chi connectivity index (χ4n) is 3.16. The highest BCUT2D eigenvalue weighted by Crippen LogP contribution is 2.16. The summed E-state index contributed by atoms with van der Waals surface area (Å²) in [5.41, 5.74) is 1.00. The first-order valence-corrected chi connectivity index (χ1v) is 9.20. The summed E-state index contributed by atoms with van der Waals surface area (Å²) in [5.74, 6) is 1.35. The molecule has 1 aliphatic rings. The number of hydrogen-bond donors (Lipinski definition) is 2. The minimum absolute atomic E-state index is 0. The van der Waals surface area contributed by atoms with Crippen molar-refractivity contribution in [2.24, 2.45) is 10.9 Å². The van der Waals surface area contributed by atoms with Gasteiger partial charge in [0.2, 0.25) is 0 Å². The molecule has 2 N–H and O–H groups in total. The molecule has 0 amide bonds. The summed E-state index contributed by atoms with van der Waals surface area (Å²) in [7, 11) is 0. The fourth-order valence-corrected chi connectivity index (χ4v) is 3.16. The first-order valence-electron chi connectivity index (χ1n) is 9.20. The molecule has 0 aromatic heterocycles. The topological polar surface area (TPSA) is 39.7 Å². The van der Waals surface area contributed by atoms with Crippen LogP contribution < -0.4 is 10.6 Å². The van der Waals surface area contributed by atoms with Crippen molar-refractivity contribution in [3.05, 3.63) is 35.6 Å². The van der Waals surface area contributed by atoms with Gasteiger partial charge < -0.3 is 15.5 Å². The van der Waals surface area contributed by atoms with Gasteiger partial charge >= 0.3 is 0 Å². The van der Waals surface area contributed by atoms with E-state index in [0.29, 0.717) is 5.92 Å². The molecule has 1 aliphatic heterocycles. The molecule has 1 saturated heterocycles. The van der Waals surface area contributed by atoms with E-state index >= 15 is 0 Å². The van der Waals surface area contributed by atoms with Crippen LogP contribution in [0, 0.1) is 11.7 Å². The highest BCUT2D eigenvalue weighted by atomic mass is 127. The Morgan fingerprint density at radius 1 is 1.32 bits per heavy atom. The van der Waals surface area contributed by atoms with E-state index in [0.717, 1.165) is 37.6 Å². The highest BCUT2D eigenvalue weighted by Gasteiger charge is 2.21. The fraction of sp³-hybridized carbons (Fsp3) is 0.632. The van der Waals surface area contributed by atoms with Crippen molar-refractivity contribution in [3.63, 3.8) is 0 Å². The van der Waals surface area contributed by atoms with E-state index in [-0.39, 0.29) is 29.8 Å². The Morgan fingerprint density at radius 3 is 2.88 bits per heavy atom. The molecule has 0 aliphatic carbocycles. The van der Waals surface area contributed by atoms with Gasteiger partial charge in [-0.25, -0.2) is 4.39 Å². The maximum absolute atomic E-state index is 13.2. The summed E-state index contributed by atoms with van der Waals surface area (Å²) in [5, 5.41) is 6.64. The number of guanidine groups is 1. The molecule has 6 heteroatoms. The van der Waals surface area contributed by atoms with Crippen molar-refractivity contribution in [1.82, 2.24) is 15.5 Å². The molecule has 1 aromatic carbocycles. The summed E-state index contributed by atoms with van der Waals surface area (Å²) in [4.78, 5) is 7.26. The lowest BCUT2D eigenvalue weighted by atomic mass is 10.1. The van der Waals surface area contributed by atoms with Gasteiger partial charge in [-0.3, -0.25) is 4.99 Å². The van der Waals surface area contributed by atoms with Crippen molar-refractivity contribution in [2.45, 2.75) is 33.1 Å². The molecule has 1 fully saturated rings. The maximum Gasteiger partial charge on any atom is 0.191 e. The van der Waals surface area contributed by atoms with Crippen LogP contribution in [0.3, 0.4) is 0 Å². The van der Waals surface area contributed by atoms with Crippen LogP contribution in [-0.2, 0) is 6.42 Å². The van der Waals surface area contributed by atoms with Gasteiger partial charge in [0.15, 0.2) is 5.96 Å². The monoisotopic (exact) mass is 462 g/mol. The van der Waals surface area contributed by atoms with Crippen molar-refractivity contribution in [1.29, 1.82) is 0 Å². The molecule has 0 saturated carbocycles. The first-order chi connectivity index (χ1) is 11.7. The largest absolute Gasteiger partial charge is 0.357 e. The molecule has 4 nitrogen and oxygen atoms in total. The molecule has 0 radical (unpaired) electrons. The number of benzene rings is 1. The predicted molar refractivity (Wildman–Crippen MR) is 114 cm³/mol. The lowest BCUT2D eigenvalue weighted by Gasteiger charge is -2.15. The van der Waals surface area contributed by atoms with E-state index in [2.05, 4.69) is 29.4 Å². The Kier molecular flexibility index (Phi) is 11.0. The lowest BCUT2D eigenvalue weighted by molar-refractivity contribution is 0.326. The average Bonchev–Trinajstić information content (AvgIpc) is 3.01. The van der Waals surface area contributed by atoms with E-state index in [1.165, 1.54) is 38.5 Å². The summed E-state index contributed by atoms with van der Waals surface area (Å²) < 4.78 is 13.2. The van der Waals surface area contributed by atoms with Crippen molar-refractivity contribution < 1.29 is 4.39 Å². The van der Waals surface area contributed by atoms with Gasteiger partial charge in [0.25, 0.3) is 0 Å². The minimum atomic E-state index is -0.175. The van der Waals surface area contributed by atoms with Gasteiger partial charge in [0, 0.05) is 26.2 Å². The van der Waals surface area contributed by atoms with E-state index in [1.807, 2.05) is 6.07 Å². The number of halogens is 2. The van der Waals surface area contributed by atoms with Crippen LogP contribution in [0.5, 0.6) is 0 Å². The van der Waals surface area contributed by atoms with Gasteiger partial charge in [0.1, 0.15) is 5.82 Å². The van der Waals surface area contributed by atoms with E-state index < -0.39 is 0 Å². The predicted octanol–water partition coefficient (Wildman–Crippen LogP) is 3.27. The second-order valence-electron chi connectivity index (χ2n) is 6.48. The number of nitrogens with one attached hydrogen (secondary N) is 2. The SMILES string of the molecule is CCCN1CCC(CN=C(NCC)NCCc2cccc(F)c2)C1.I. The van der Waals surface area contributed by atoms with Gasteiger partial charge in [-0.05, 0) is 62.9 Å². The third kappa shape index (κ3) is 8.35. The average molecular weight is 462 g/mol. The van der Waals surface area contributed by atoms with Crippen molar-refractivity contribution in [2.75, 3.05) is 39.3 Å². The van der Waals surface area contributed by atoms with E-state index in [9.17, 15) is 4.39 Å².